The number of carbonyl (C=O) groups is 1. The maximum Gasteiger partial charge on any atom is 0.270 e. The number of rotatable bonds is 6. The summed E-state index contributed by atoms with van der Waals surface area (Å²) in [5, 5.41) is 23.4. The second kappa shape index (κ2) is 9.23. The van der Waals surface area contributed by atoms with Gasteiger partial charge < -0.3 is 10.1 Å². The average Bonchev–Trinajstić information content (AvgIpc) is 2.74. The number of benzene rings is 1. The number of morpholine rings is 1. The van der Waals surface area contributed by atoms with Gasteiger partial charge in [0.2, 0.25) is 0 Å². The van der Waals surface area contributed by atoms with Gasteiger partial charge in [0.15, 0.2) is 0 Å². The zero-order valence-electron chi connectivity index (χ0n) is 16.1. The number of nitro groups is 1. The Hall–Kier alpha value is -3.35. The molecule has 1 aromatic heterocycles. The quantitative estimate of drug-likeness (QED) is 0.585. The fourth-order valence-corrected chi connectivity index (χ4v) is 3.19. The number of hydrogen-bond acceptors (Lipinski definition) is 7. The van der Waals surface area contributed by atoms with Crippen LogP contribution < -0.4 is 5.32 Å². The van der Waals surface area contributed by atoms with Crippen molar-refractivity contribution in [1.82, 2.24) is 15.2 Å². The molecule has 0 atom stereocenters. The van der Waals surface area contributed by atoms with Gasteiger partial charge in [-0.15, -0.1) is 0 Å². The minimum Gasteiger partial charge on any atom is -0.379 e. The summed E-state index contributed by atoms with van der Waals surface area (Å²) in [5.41, 5.74) is 1.71. The number of carbonyl (C=O) groups excluding carboxylic acids is 1. The van der Waals surface area contributed by atoms with E-state index in [-0.39, 0.29) is 22.9 Å². The summed E-state index contributed by atoms with van der Waals surface area (Å²) in [5.74, 6) is -0.350. The minimum atomic E-state index is -0.497. The molecule has 29 heavy (non-hydrogen) atoms. The third kappa shape index (κ3) is 4.93. The highest BCUT2D eigenvalue weighted by Crippen LogP contribution is 2.28. The third-order valence-corrected chi connectivity index (χ3v) is 4.73. The molecule has 0 spiro atoms. The Morgan fingerprint density at radius 3 is 2.83 bits per heavy atom. The molecule has 2 aromatic rings. The van der Waals surface area contributed by atoms with E-state index in [1.54, 1.807) is 19.1 Å². The van der Waals surface area contributed by atoms with Gasteiger partial charge in [0.25, 0.3) is 11.6 Å². The summed E-state index contributed by atoms with van der Waals surface area (Å²) in [6.45, 7) is 5.87. The summed E-state index contributed by atoms with van der Waals surface area (Å²) in [6.07, 6.45) is 0. The molecule has 1 fully saturated rings. The molecule has 150 valence electrons. The van der Waals surface area contributed by atoms with Crippen LogP contribution in [0.25, 0.3) is 11.1 Å². The fraction of sp³-hybridized carbons (Fsp3) is 0.350. The first-order valence-electron chi connectivity index (χ1n) is 9.24. The number of nitrogens with zero attached hydrogens (tertiary/aromatic N) is 4. The number of pyridine rings is 1. The van der Waals surface area contributed by atoms with E-state index in [4.69, 9.17) is 4.74 Å². The van der Waals surface area contributed by atoms with E-state index in [0.29, 0.717) is 43.1 Å². The highest BCUT2D eigenvalue weighted by Gasteiger charge is 2.18. The maximum atomic E-state index is 12.6. The monoisotopic (exact) mass is 395 g/mol. The van der Waals surface area contributed by atoms with Crippen LogP contribution >= 0.6 is 0 Å². The molecule has 1 aliphatic rings. The van der Waals surface area contributed by atoms with Crippen LogP contribution in [-0.2, 0) is 4.74 Å². The summed E-state index contributed by atoms with van der Waals surface area (Å²) >= 11 is 0. The van der Waals surface area contributed by atoms with Crippen molar-refractivity contribution in [3.63, 3.8) is 0 Å². The van der Waals surface area contributed by atoms with Crippen molar-refractivity contribution in [2.75, 3.05) is 39.4 Å². The lowest BCUT2D eigenvalue weighted by atomic mass is 9.98. The Labute approximate surface area is 168 Å². The summed E-state index contributed by atoms with van der Waals surface area (Å²) in [4.78, 5) is 29.6. The maximum absolute atomic E-state index is 12.6. The molecule has 1 aromatic carbocycles. The van der Waals surface area contributed by atoms with Crippen molar-refractivity contribution in [3.05, 3.63) is 57.4 Å². The van der Waals surface area contributed by atoms with Crippen LogP contribution in [0.1, 0.15) is 21.7 Å². The zero-order chi connectivity index (χ0) is 20.8. The molecular weight excluding hydrogens is 374 g/mol. The smallest absolute Gasteiger partial charge is 0.270 e. The van der Waals surface area contributed by atoms with Crippen molar-refractivity contribution in [2.24, 2.45) is 0 Å². The lowest BCUT2D eigenvalue weighted by Crippen LogP contribution is -2.41. The van der Waals surface area contributed by atoms with Crippen LogP contribution in [0.5, 0.6) is 0 Å². The number of aryl methyl sites for hydroxylation is 1. The van der Waals surface area contributed by atoms with Gasteiger partial charge >= 0.3 is 0 Å². The molecule has 0 unspecified atom stereocenters. The highest BCUT2D eigenvalue weighted by atomic mass is 16.6. The van der Waals surface area contributed by atoms with E-state index in [1.807, 2.05) is 0 Å². The lowest BCUT2D eigenvalue weighted by Gasteiger charge is -2.26. The molecular formula is C20H21N5O4. The molecule has 9 nitrogen and oxygen atoms in total. The van der Waals surface area contributed by atoms with Crippen LogP contribution in [-0.4, -0.2) is 60.1 Å². The SMILES string of the molecule is Cc1nc(C(=O)NCCN2CCOCC2)cc(-c2cccc([N+](=O)[O-])c2)c1C#N. The van der Waals surface area contributed by atoms with Gasteiger partial charge in [0.05, 0.1) is 29.4 Å². The van der Waals surface area contributed by atoms with Crippen molar-refractivity contribution in [3.8, 4) is 17.2 Å². The molecule has 0 aliphatic carbocycles. The van der Waals surface area contributed by atoms with E-state index < -0.39 is 4.92 Å². The second-order valence-electron chi connectivity index (χ2n) is 6.64. The van der Waals surface area contributed by atoms with Crippen molar-refractivity contribution >= 4 is 11.6 Å². The van der Waals surface area contributed by atoms with Gasteiger partial charge in [-0.1, -0.05) is 12.1 Å². The Morgan fingerprint density at radius 1 is 1.38 bits per heavy atom. The first kappa shape index (κ1) is 20.4. The molecule has 1 amide bonds. The van der Waals surface area contributed by atoms with E-state index >= 15 is 0 Å². The summed E-state index contributed by atoms with van der Waals surface area (Å²) in [7, 11) is 0. The predicted octanol–water partition coefficient (Wildman–Crippen LogP) is 1.90. The third-order valence-electron chi connectivity index (χ3n) is 4.73. The molecule has 0 radical (unpaired) electrons. The largest absolute Gasteiger partial charge is 0.379 e. The Bertz CT molecular complexity index is 964. The van der Waals surface area contributed by atoms with E-state index in [1.165, 1.54) is 18.2 Å². The predicted molar refractivity (Wildman–Crippen MR) is 105 cm³/mol. The van der Waals surface area contributed by atoms with Crippen LogP contribution in [0, 0.1) is 28.4 Å². The van der Waals surface area contributed by atoms with Crippen LogP contribution in [0.15, 0.2) is 30.3 Å². The number of nitro benzene ring substituents is 1. The van der Waals surface area contributed by atoms with Gasteiger partial charge in [-0.25, -0.2) is 4.98 Å². The topological polar surface area (TPSA) is 121 Å². The number of amides is 1. The van der Waals surface area contributed by atoms with Gasteiger partial charge in [-0.2, -0.15) is 5.26 Å². The Kier molecular flexibility index (Phi) is 6.49. The average molecular weight is 395 g/mol. The number of nitrogens with one attached hydrogen (secondary N) is 1. The van der Waals surface area contributed by atoms with Gasteiger partial charge in [-0.3, -0.25) is 19.8 Å². The number of hydrogen-bond donors (Lipinski definition) is 1. The van der Waals surface area contributed by atoms with Gasteiger partial charge in [-0.05, 0) is 18.6 Å². The molecule has 1 aliphatic heterocycles. The van der Waals surface area contributed by atoms with Gasteiger partial charge in [0.1, 0.15) is 11.8 Å². The second-order valence-corrected chi connectivity index (χ2v) is 6.64. The first-order valence-corrected chi connectivity index (χ1v) is 9.24. The summed E-state index contributed by atoms with van der Waals surface area (Å²) in [6, 6.07) is 9.57. The fourth-order valence-electron chi connectivity index (χ4n) is 3.19. The highest BCUT2D eigenvalue weighted by molar-refractivity contribution is 5.94. The number of aromatic nitrogens is 1. The number of ether oxygens (including phenoxy) is 1. The molecule has 9 heteroatoms. The van der Waals surface area contributed by atoms with Crippen LogP contribution in [0.4, 0.5) is 5.69 Å². The lowest BCUT2D eigenvalue weighted by molar-refractivity contribution is -0.384. The van der Waals surface area contributed by atoms with Crippen LogP contribution in [0.3, 0.4) is 0 Å². The van der Waals surface area contributed by atoms with Crippen LogP contribution in [0.2, 0.25) is 0 Å². The van der Waals surface area contributed by atoms with E-state index in [2.05, 4.69) is 21.3 Å². The first-order chi connectivity index (χ1) is 14.0. The number of nitriles is 1. The molecule has 2 heterocycles. The van der Waals surface area contributed by atoms with Gasteiger partial charge in [0, 0.05) is 43.9 Å². The van der Waals surface area contributed by atoms with E-state index in [0.717, 1.165) is 13.1 Å². The molecule has 0 saturated carbocycles. The van der Waals surface area contributed by atoms with E-state index in [9.17, 15) is 20.2 Å². The normalized spacial score (nSPS) is 14.2. The van der Waals surface area contributed by atoms with Crippen molar-refractivity contribution in [1.29, 1.82) is 5.26 Å². The zero-order valence-corrected chi connectivity index (χ0v) is 16.1. The molecule has 1 saturated heterocycles. The molecule has 0 bridgehead atoms. The standard InChI is InChI=1S/C20H21N5O4/c1-14-18(13-21)17(15-3-2-4-16(11-15)25(27)28)12-19(23-14)20(26)22-5-6-24-7-9-29-10-8-24/h2-4,11-12H,5-10H2,1H3,(H,22,26). The molecule has 1 N–H and O–H groups in total. The summed E-state index contributed by atoms with van der Waals surface area (Å²) < 4.78 is 5.30. The number of non-ortho nitro benzene ring substituents is 1. The minimum absolute atomic E-state index is 0.0858. The molecule has 3 rings (SSSR count). The van der Waals surface area contributed by atoms with Crippen molar-refractivity contribution in [2.45, 2.75) is 6.92 Å². The van der Waals surface area contributed by atoms with Crippen molar-refractivity contribution < 1.29 is 14.5 Å². The Balaban J connectivity index is 1.81. The Morgan fingerprint density at radius 2 is 2.14 bits per heavy atom.